The summed E-state index contributed by atoms with van der Waals surface area (Å²) in [6, 6.07) is 0. The summed E-state index contributed by atoms with van der Waals surface area (Å²) in [6.07, 6.45) is 0.0374. The number of aliphatic hydroxyl groups excluding tert-OH is 1. The first-order valence-electron chi connectivity index (χ1n) is 5.08. The molecule has 3 N–H and O–H groups in total. The van der Waals surface area contributed by atoms with E-state index in [0.29, 0.717) is 6.42 Å². The molecule has 0 saturated carbocycles. The lowest BCUT2D eigenvalue weighted by molar-refractivity contribution is 0.0859. The van der Waals surface area contributed by atoms with Gasteiger partial charge in [-0.25, -0.2) is 0 Å². The van der Waals surface area contributed by atoms with E-state index in [9.17, 15) is 9.90 Å². The zero-order chi connectivity index (χ0) is 12.2. The lowest BCUT2D eigenvalue weighted by Gasteiger charge is -2.22. The molecule has 7 nitrogen and oxygen atoms in total. The number of tetrazole rings is 1. The van der Waals surface area contributed by atoms with Crippen LogP contribution < -0.4 is 5.32 Å². The molecule has 1 rings (SSSR count). The number of amides is 1. The molecular weight excluding hydrogens is 210 g/mol. The molecule has 0 aliphatic heterocycles. The molecule has 0 aliphatic rings. The van der Waals surface area contributed by atoms with Gasteiger partial charge in [0.25, 0.3) is 11.7 Å². The SMILES string of the molecule is CC(C)(C)CC(O)CNC(=O)c1nn[nH]n1. The fourth-order valence-electron chi connectivity index (χ4n) is 1.33. The number of hydrogen-bond donors (Lipinski definition) is 3. The molecule has 1 atom stereocenters. The third-order valence-electron chi connectivity index (χ3n) is 1.89. The van der Waals surface area contributed by atoms with Gasteiger partial charge in [-0.3, -0.25) is 4.79 Å². The molecule has 1 amide bonds. The Morgan fingerprint density at radius 2 is 2.25 bits per heavy atom. The van der Waals surface area contributed by atoms with Crippen LogP contribution in [0.5, 0.6) is 0 Å². The molecule has 1 heterocycles. The number of H-pyrrole nitrogens is 1. The highest BCUT2D eigenvalue weighted by Gasteiger charge is 2.18. The molecule has 1 aromatic heterocycles. The van der Waals surface area contributed by atoms with Crippen LogP contribution in [0.15, 0.2) is 0 Å². The molecule has 0 aromatic carbocycles. The van der Waals surface area contributed by atoms with Crippen LogP contribution in [0.4, 0.5) is 0 Å². The van der Waals surface area contributed by atoms with E-state index in [4.69, 9.17) is 0 Å². The van der Waals surface area contributed by atoms with Crippen molar-refractivity contribution in [2.24, 2.45) is 5.41 Å². The summed E-state index contributed by atoms with van der Waals surface area (Å²) in [5.41, 5.74) is 0.0241. The fraction of sp³-hybridized carbons (Fsp3) is 0.778. The average molecular weight is 227 g/mol. The van der Waals surface area contributed by atoms with Gasteiger partial charge in [-0.15, -0.1) is 10.2 Å². The largest absolute Gasteiger partial charge is 0.391 e. The summed E-state index contributed by atoms with van der Waals surface area (Å²) < 4.78 is 0. The summed E-state index contributed by atoms with van der Waals surface area (Å²) >= 11 is 0. The quantitative estimate of drug-likeness (QED) is 0.656. The topological polar surface area (TPSA) is 104 Å². The van der Waals surface area contributed by atoms with Crippen LogP contribution in [-0.4, -0.2) is 44.3 Å². The maximum atomic E-state index is 11.4. The predicted octanol–water partition coefficient (Wildman–Crippen LogP) is -0.273. The number of rotatable bonds is 4. The van der Waals surface area contributed by atoms with Gasteiger partial charge in [-0.1, -0.05) is 20.8 Å². The van der Waals surface area contributed by atoms with Crippen molar-refractivity contribution < 1.29 is 9.90 Å². The number of carbonyl (C=O) groups excluding carboxylic acids is 1. The van der Waals surface area contributed by atoms with Crippen molar-refractivity contribution in [1.82, 2.24) is 25.9 Å². The number of nitrogens with one attached hydrogen (secondary N) is 2. The highest BCUT2D eigenvalue weighted by atomic mass is 16.3. The fourth-order valence-corrected chi connectivity index (χ4v) is 1.33. The number of aromatic nitrogens is 4. The molecule has 7 heteroatoms. The van der Waals surface area contributed by atoms with Crippen molar-refractivity contribution in [3.8, 4) is 0 Å². The monoisotopic (exact) mass is 227 g/mol. The second-order valence-corrected chi connectivity index (χ2v) is 4.86. The van der Waals surface area contributed by atoms with E-state index in [1.165, 1.54) is 0 Å². The minimum atomic E-state index is -0.573. The summed E-state index contributed by atoms with van der Waals surface area (Å²) in [7, 11) is 0. The summed E-state index contributed by atoms with van der Waals surface area (Å²) in [5, 5.41) is 24.7. The molecule has 0 bridgehead atoms. The number of aliphatic hydroxyl groups is 1. The minimum Gasteiger partial charge on any atom is -0.391 e. The first-order valence-corrected chi connectivity index (χ1v) is 5.08. The lowest BCUT2D eigenvalue weighted by Crippen LogP contribution is -2.34. The maximum absolute atomic E-state index is 11.4. The van der Waals surface area contributed by atoms with Crippen LogP contribution >= 0.6 is 0 Å². The second kappa shape index (κ2) is 5.02. The normalized spacial score (nSPS) is 13.5. The zero-order valence-corrected chi connectivity index (χ0v) is 9.69. The van der Waals surface area contributed by atoms with Crippen LogP contribution in [0.2, 0.25) is 0 Å². The standard InChI is InChI=1S/C9H17N5O2/c1-9(2,3)4-6(15)5-10-8(16)7-11-13-14-12-7/h6,15H,4-5H2,1-3H3,(H,10,16)(H,11,12,13,14). The highest BCUT2D eigenvalue weighted by molar-refractivity contribution is 5.89. The Labute approximate surface area is 93.6 Å². The van der Waals surface area contributed by atoms with Crippen LogP contribution in [0.3, 0.4) is 0 Å². The molecule has 0 saturated heterocycles. The van der Waals surface area contributed by atoms with Gasteiger partial charge in [-0.2, -0.15) is 5.21 Å². The van der Waals surface area contributed by atoms with Crippen LogP contribution in [0, 0.1) is 5.41 Å². The molecule has 90 valence electrons. The lowest BCUT2D eigenvalue weighted by atomic mass is 9.89. The van der Waals surface area contributed by atoms with Crippen molar-refractivity contribution >= 4 is 5.91 Å². The molecule has 1 unspecified atom stereocenters. The highest BCUT2D eigenvalue weighted by Crippen LogP contribution is 2.20. The average Bonchev–Trinajstić information content (AvgIpc) is 2.64. The second-order valence-electron chi connectivity index (χ2n) is 4.86. The molecular formula is C9H17N5O2. The van der Waals surface area contributed by atoms with E-state index in [1.54, 1.807) is 0 Å². The Balaban J connectivity index is 2.32. The van der Waals surface area contributed by atoms with Gasteiger partial charge in [0.05, 0.1) is 6.10 Å². The number of aromatic amines is 1. The molecule has 0 fully saturated rings. The Morgan fingerprint density at radius 1 is 1.56 bits per heavy atom. The van der Waals surface area contributed by atoms with Gasteiger partial charge in [0.1, 0.15) is 0 Å². The number of hydrogen-bond acceptors (Lipinski definition) is 5. The Hall–Kier alpha value is -1.50. The van der Waals surface area contributed by atoms with Gasteiger partial charge in [0.2, 0.25) is 0 Å². The zero-order valence-electron chi connectivity index (χ0n) is 9.69. The Morgan fingerprint density at radius 3 is 2.75 bits per heavy atom. The van der Waals surface area contributed by atoms with Gasteiger partial charge in [-0.05, 0) is 17.0 Å². The van der Waals surface area contributed by atoms with Crippen LogP contribution in [-0.2, 0) is 0 Å². The van der Waals surface area contributed by atoms with Crippen molar-refractivity contribution in [3.05, 3.63) is 5.82 Å². The van der Waals surface area contributed by atoms with Crippen molar-refractivity contribution in [2.75, 3.05) is 6.54 Å². The van der Waals surface area contributed by atoms with Gasteiger partial charge < -0.3 is 10.4 Å². The van der Waals surface area contributed by atoms with E-state index in [-0.39, 0.29) is 17.8 Å². The third kappa shape index (κ3) is 4.35. The molecule has 16 heavy (non-hydrogen) atoms. The summed E-state index contributed by atoms with van der Waals surface area (Å²) in [5.74, 6) is -0.468. The molecule has 0 radical (unpaired) electrons. The predicted molar refractivity (Wildman–Crippen MR) is 56.6 cm³/mol. The Bertz CT molecular complexity index is 330. The summed E-state index contributed by atoms with van der Waals surface area (Å²) in [4.78, 5) is 11.4. The summed E-state index contributed by atoms with van der Waals surface area (Å²) in [6.45, 7) is 6.26. The van der Waals surface area contributed by atoms with Gasteiger partial charge >= 0.3 is 0 Å². The maximum Gasteiger partial charge on any atom is 0.292 e. The molecule has 0 spiro atoms. The first-order chi connectivity index (χ1) is 7.38. The van der Waals surface area contributed by atoms with Gasteiger partial charge in [0.15, 0.2) is 0 Å². The minimum absolute atomic E-state index is 0.0241. The van der Waals surface area contributed by atoms with Crippen molar-refractivity contribution in [2.45, 2.75) is 33.3 Å². The van der Waals surface area contributed by atoms with Crippen LogP contribution in [0.1, 0.15) is 37.8 Å². The van der Waals surface area contributed by atoms with E-state index < -0.39 is 12.0 Å². The molecule has 0 aliphatic carbocycles. The smallest absolute Gasteiger partial charge is 0.292 e. The number of nitrogens with zero attached hydrogens (tertiary/aromatic N) is 3. The third-order valence-corrected chi connectivity index (χ3v) is 1.89. The van der Waals surface area contributed by atoms with Crippen LogP contribution in [0.25, 0.3) is 0 Å². The van der Waals surface area contributed by atoms with E-state index in [2.05, 4.69) is 25.9 Å². The van der Waals surface area contributed by atoms with Gasteiger partial charge in [0, 0.05) is 6.54 Å². The molecule has 1 aromatic rings. The van der Waals surface area contributed by atoms with E-state index in [0.717, 1.165) is 0 Å². The van der Waals surface area contributed by atoms with E-state index in [1.807, 2.05) is 20.8 Å². The Kier molecular flexibility index (Phi) is 3.94. The number of carbonyl (C=O) groups is 1. The van der Waals surface area contributed by atoms with E-state index >= 15 is 0 Å². The first kappa shape index (κ1) is 12.6. The van der Waals surface area contributed by atoms with Crippen molar-refractivity contribution in [1.29, 1.82) is 0 Å². The van der Waals surface area contributed by atoms with Crippen molar-refractivity contribution in [3.63, 3.8) is 0 Å².